The molecule has 1 atom stereocenters. The van der Waals surface area contributed by atoms with Gasteiger partial charge in [0.1, 0.15) is 5.54 Å². The highest BCUT2D eigenvalue weighted by Crippen LogP contribution is 2.29. The van der Waals surface area contributed by atoms with Gasteiger partial charge in [0.15, 0.2) is 0 Å². The van der Waals surface area contributed by atoms with Gasteiger partial charge in [0.25, 0.3) is 0 Å². The van der Waals surface area contributed by atoms with Crippen molar-refractivity contribution in [2.75, 3.05) is 11.9 Å². The number of benzene rings is 1. The summed E-state index contributed by atoms with van der Waals surface area (Å²) in [6, 6.07) is 7.26. The van der Waals surface area contributed by atoms with Crippen molar-refractivity contribution < 1.29 is 14.7 Å². The molecule has 0 bridgehead atoms. The molecular weight excluding hydrogens is 268 g/mol. The maximum Gasteiger partial charge on any atom is 0.329 e. The Morgan fingerprint density at radius 2 is 2.05 bits per heavy atom. The fourth-order valence-electron chi connectivity index (χ4n) is 2.80. The third-order valence-electron chi connectivity index (χ3n) is 4.24. The second-order valence-electron chi connectivity index (χ2n) is 5.63. The third kappa shape index (κ3) is 3.01. The van der Waals surface area contributed by atoms with Crippen LogP contribution in [-0.2, 0) is 11.2 Å². The lowest BCUT2D eigenvalue weighted by molar-refractivity contribution is -0.150. The molecule has 2 amide bonds. The van der Waals surface area contributed by atoms with Gasteiger partial charge >= 0.3 is 12.0 Å². The minimum Gasteiger partial charge on any atom is -0.480 e. The number of carbonyl (C=O) groups is 2. The average Bonchev–Trinajstić information content (AvgIpc) is 2.48. The fourth-order valence-corrected chi connectivity index (χ4v) is 2.80. The van der Waals surface area contributed by atoms with Crippen LogP contribution < -0.4 is 5.32 Å². The first-order valence-corrected chi connectivity index (χ1v) is 7.39. The molecule has 114 valence electrons. The lowest BCUT2D eigenvalue weighted by Crippen LogP contribution is -2.58. The maximum atomic E-state index is 12.5. The molecule has 1 aromatic carbocycles. The normalized spacial score (nSPS) is 21.9. The van der Waals surface area contributed by atoms with E-state index in [0.29, 0.717) is 13.0 Å². The van der Waals surface area contributed by atoms with Gasteiger partial charge < -0.3 is 15.3 Å². The number of aryl methyl sites for hydroxylation is 1. The highest BCUT2D eigenvalue weighted by atomic mass is 16.4. The van der Waals surface area contributed by atoms with Crippen LogP contribution in [0.2, 0.25) is 0 Å². The van der Waals surface area contributed by atoms with Crippen molar-refractivity contribution in [2.24, 2.45) is 0 Å². The van der Waals surface area contributed by atoms with Crippen molar-refractivity contribution in [1.29, 1.82) is 0 Å². The van der Waals surface area contributed by atoms with Gasteiger partial charge in [-0.2, -0.15) is 0 Å². The Morgan fingerprint density at radius 3 is 2.71 bits per heavy atom. The summed E-state index contributed by atoms with van der Waals surface area (Å²) in [5.74, 6) is -0.943. The van der Waals surface area contributed by atoms with Crippen molar-refractivity contribution in [1.82, 2.24) is 4.90 Å². The topological polar surface area (TPSA) is 69.6 Å². The van der Waals surface area contributed by atoms with Crippen LogP contribution in [0.15, 0.2) is 24.3 Å². The quantitative estimate of drug-likeness (QED) is 0.898. The van der Waals surface area contributed by atoms with E-state index in [1.807, 2.05) is 31.2 Å². The third-order valence-corrected chi connectivity index (χ3v) is 4.24. The van der Waals surface area contributed by atoms with Gasteiger partial charge in [-0.1, -0.05) is 25.1 Å². The number of nitrogens with one attached hydrogen (secondary N) is 1. The second-order valence-corrected chi connectivity index (χ2v) is 5.63. The number of urea groups is 1. The molecule has 2 N–H and O–H groups in total. The Hall–Kier alpha value is -2.04. The first kappa shape index (κ1) is 15.4. The smallest absolute Gasteiger partial charge is 0.329 e. The van der Waals surface area contributed by atoms with E-state index in [9.17, 15) is 14.7 Å². The Morgan fingerprint density at radius 1 is 1.33 bits per heavy atom. The van der Waals surface area contributed by atoms with Gasteiger partial charge in [0, 0.05) is 12.2 Å². The number of hydrogen-bond donors (Lipinski definition) is 2. The first-order valence-electron chi connectivity index (χ1n) is 7.39. The molecule has 1 aliphatic heterocycles. The van der Waals surface area contributed by atoms with Crippen LogP contribution in [0.4, 0.5) is 10.5 Å². The molecule has 0 aliphatic carbocycles. The molecule has 1 unspecified atom stereocenters. The molecule has 5 nitrogen and oxygen atoms in total. The summed E-state index contributed by atoms with van der Waals surface area (Å²) in [5.41, 5.74) is 0.673. The standard InChI is InChI=1S/C16H22N2O3/c1-3-12-8-4-5-9-13(12)17-15(21)18-11-7-6-10-16(18,2)14(19)20/h4-5,8-9H,3,6-7,10-11H2,1-2H3,(H,17,21)(H,19,20). The number of carbonyl (C=O) groups excluding carboxylic acids is 1. The molecule has 0 spiro atoms. The number of anilines is 1. The number of carboxylic acid groups (broad SMARTS) is 1. The zero-order valence-electron chi connectivity index (χ0n) is 12.6. The molecule has 0 aromatic heterocycles. The Balaban J connectivity index is 2.20. The summed E-state index contributed by atoms with van der Waals surface area (Å²) >= 11 is 0. The maximum absolute atomic E-state index is 12.5. The van der Waals surface area contributed by atoms with Gasteiger partial charge in [-0.3, -0.25) is 0 Å². The number of aliphatic carboxylic acids is 1. The van der Waals surface area contributed by atoms with Gasteiger partial charge in [-0.15, -0.1) is 0 Å². The van der Waals surface area contributed by atoms with E-state index in [2.05, 4.69) is 5.32 Å². The van der Waals surface area contributed by atoms with Crippen LogP contribution in [0.25, 0.3) is 0 Å². The van der Waals surface area contributed by atoms with Crippen molar-refractivity contribution in [3.63, 3.8) is 0 Å². The van der Waals surface area contributed by atoms with Gasteiger partial charge in [-0.05, 0) is 44.2 Å². The van der Waals surface area contributed by atoms with E-state index in [-0.39, 0.29) is 6.03 Å². The van der Waals surface area contributed by atoms with Crippen LogP contribution in [-0.4, -0.2) is 34.1 Å². The Labute approximate surface area is 125 Å². The number of carboxylic acids is 1. The van der Waals surface area contributed by atoms with Gasteiger partial charge in [0.2, 0.25) is 0 Å². The minimum atomic E-state index is -1.12. The molecule has 2 rings (SSSR count). The highest BCUT2D eigenvalue weighted by Gasteiger charge is 2.44. The number of amides is 2. The number of likely N-dealkylation sites (tertiary alicyclic amines) is 1. The SMILES string of the molecule is CCc1ccccc1NC(=O)N1CCCCC1(C)C(=O)O. The Kier molecular flexibility index (Phi) is 4.50. The number of rotatable bonds is 3. The van der Waals surface area contributed by atoms with E-state index in [0.717, 1.165) is 30.5 Å². The largest absolute Gasteiger partial charge is 0.480 e. The molecule has 1 heterocycles. The van der Waals surface area contributed by atoms with Crippen LogP contribution in [0.3, 0.4) is 0 Å². The molecule has 1 saturated heterocycles. The summed E-state index contributed by atoms with van der Waals surface area (Å²) in [6.07, 6.45) is 2.97. The number of hydrogen-bond acceptors (Lipinski definition) is 2. The van der Waals surface area contributed by atoms with Crippen LogP contribution >= 0.6 is 0 Å². The highest BCUT2D eigenvalue weighted by molar-refractivity contribution is 5.94. The fraction of sp³-hybridized carbons (Fsp3) is 0.500. The van der Waals surface area contributed by atoms with E-state index in [1.54, 1.807) is 6.92 Å². The molecule has 1 fully saturated rings. The number of piperidine rings is 1. The van der Waals surface area contributed by atoms with E-state index in [1.165, 1.54) is 4.90 Å². The molecule has 21 heavy (non-hydrogen) atoms. The summed E-state index contributed by atoms with van der Waals surface area (Å²) < 4.78 is 0. The summed E-state index contributed by atoms with van der Waals surface area (Å²) in [4.78, 5) is 25.5. The first-order chi connectivity index (χ1) is 9.99. The second kappa shape index (κ2) is 6.16. The predicted octanol–water partition coefficient (Wildman–Crippen LogP) is 3.11. The van der Waals surface area contributed by atoms with Gasteiger partial charge in [-0.25, -0.2) is 9.59 Å². The average molecular weight is 290 g/mol. The molecular formula is C16H22N2O3. The predicted molar refractivity (Wildman–Crippen MR) is 81.4 cm³/mol. The van der Waals surface area contributed by atoms with Crippen LogP contribution in [0, 0.1) is 0 Å². The Bertz CT molecular complexity index is 544. The zero-order chi connectivity index (χ0) is 15.5. The van der Waals surface area contributed by atoms with E-state index >= 15 is 0 Å². The monoisotopic (exact) mass is 290 g/mol. The van der Waals surface area contributed by atoms with Gasteiger partial charge in [0.05, 0.1) is 0 Å². The van der Waals surface area contributed by atoms with Crippen molar-refractivity contribution in [3.8, 4) is 0 Å². The number of nitrogens with zero attached hydrogens (tertiary/aromatic N) is 1. The summed E-state index contributed by atoms with van der Waals surface area (Å²) in [7, 11) is 0. The zero-order valence-corrected chi connectivity index (χ0v) is 12.6. The summed E-state index contributed by atoms with van der Waals surface area (Å²) in [5, 5.41) is 12.3. The van der Waals surface area contributed by atoms with Crippen molar-refractivity contribution in [3.05, 3.63) is 29.8 Å². The molecule has 1 aromatic rings. The van der Waals surface area contributed by atoms with Crippen LogP contribution in [0.1, 0.15) is 38.7 Å². The van der Waals surface area contributed by atoms with Crippen LogP contribution in [0.5, 0.6) is 0 Å². The minimum absolute atomic E-state index is 0.333. The molecule has 1 aliphatic rings. The summed E-state index contributed by atoms with van der Waals surface area (Å²) in [6.45, 7) is 4.12. The van der Waals surface area contributed by atoms with E-state index in [4.69, 9.17) is 0 Å². The molecule has 0 saturated carbocycles. The molecule has 0 radical (unpaired) electrons. The lowest BCUT2D eigenvalue weighted by Gasteiger charge is -2.41. The lowest BCUT2D eigenvalue weighted by atomic mass is 9.89. The van der Waals surface area contributed by atoms with Crippen molar-refractivity contribution in [2.45, 2.75) is 45.1 Å². The number of para-hydroxylation sites is 1. The van der Waals surface area contributed by atoms with E-state index < -0.39 is 11.5 Å². The molecule has 5 heteroatoms. The van der Waals surface area contributed by atoms with Crippen molar-refractivity contribution >= 4 is 17.7 Å².